The first-order valence-corrected chi connectivity index (χ1v) is 3.64. The van der Waals surface area contributed by atoms with Crippen molar-refractivity contribution in [2.75, 3.05) is 0 Å². The molecule has 3 atom stereocenters. The Morgan fingerprint density at radius 2 is 2.44 bits per heavy atom. The van der Waals surface area contributed by atoms with Gasteiger partial charge < -0.3 is 10.5 Å². The van der Waals surface area contributed by atoms with Crippen LogP contribution in [0, 0.1) is 0 Å². The standard InChI is InChI=1S/C7H13NO/c1-7-3-2-5(8)4-6(7)9-7/h5-6H,2-4,8H2,1H3/t5-,6?,7-/m1/s1. The van der Waals surface area contributed by atoms with Gasteiger partial charge >= 0.3 is 0 Å². The minimum Gasteiger partial charge on any atom is -0.366 e. The van der Waals surface area contributed by atoms with Gasteiger partial charge in [0.25, 0.3) is 0 Å². The molecule has 52 valence electrons. The highest BCUT2D eigenvalue weighted by Gasteiger charge is 2.54. The molecule has 9 heavy (non-hydrogen) atoms. The zero-order valence-corrected chi connectivity index (χ0v) is 5.76. The highest BCUT2D eigenvalue weighted by molar-refractivity contribution is 5.04. The molecule has 1 unspecified atom stereocenters. The monoisotopic (exact) mass is 127 g/mol. The van der Waals surface area contributed by atoms with Gasteiger partial charge in [-0.2, -0.15) is 0 Å². The summed E-state index contributed by atoms with van der Waals surface area (Å²) in [6.45, 7) is 2.18. The number of hydrogen-bond donors (Lipinski definition) is 1. The Hall–Kier alpha value is -0.0800. The summed E-state index contributed by atoms with van der Waals surface area (Å²) in [4.78, 5) is 0. The molecule has 2 rings (SSSR count). The molecule has 1 heterocycles. The van der Waals surface area contributed by atoms with Crippen LogP contribution in [0.4, 0.5) is 0 Å². The summed E-state index contributed by atoms with van der Waals surface area (Å²) in [5.41, 5.74) is 5.98. The third-order valence-corrected chi connectivity index (χ3v) is 2.56. The Kier molecular flexibility index (Phi) is 0.945. The van der Waals surface area contributed by atoms with Gasteiger partial charge in [-0.05, 0) is 26.2 Å². The predicted molar refractivity (Wildman–Crippen MR) is 35.1 cm³/mol. The normalized spacial score (nSPS) is 56.7. The highest BCUT2D eigenvalue weighted by Crippen LogP contribution is 2.46. The molecule has 0 amide bonds. The zero-order valence-electron chi connectivity index (χ0n) is 5.76. The lowest BCUT2D eigenvalue weighted by atomic mass is 9.88. The first-order chi connectivity index (χ1) is 4.21. The van der Waals surface area contributed by atoms with Crippen molar-refractivity contribution in [1.29, 1.82) is 0 Å². The van der Waals surface area contributed by atoms with Crippen molar-refractivity contribution in [2.24, 2.45) is 5.73 Å². The quantitative estimate of drug-likeness (QED) is 0.485. The molecule has 1 aliphatic carbocycles. The van der Waals surface area contributed by atoms with Crippen LogP contribution in [0.2, 0.25) is 0 Å². The van der Waals surface area contributed by atoms with Crippen LogP contribution in [-0.4, -0.2) is 17.7 Å². The van der Waals surface area contributed by atoms with E-state index in [1.165, 1.54) is 6.42 Å². The Morgan fingerprint density at radius 1 is 1.67 bits per heavy atom. The van der Waals surface area contributed by atoms with Gasteiger partial charge in [-0.1, -0.05) is 0 Å². The summed E-state index contributed by atoms with van der Waals surface area (Å²) in [5.74, 6) is 0. The fraction of sp³-hybridized carbons (Fsp3) is 1.00. The molecule has 2 fully saturated rings. The van der Waals surface area contributed by atoms with Crippen LogP contribution in [0.25, 0.3) is 0 Å². The molecule has 0 aromatic rings. The zero-order chi connectivity index (χ0) is 6.48. The number of nitrogens with two attached hydrogens (primary N) is 1. The van der Waals surface area contributed by atoms with Crippen LogP contribution < -0.4 is 5.73 Å². The Balaban J connectivity index is 2.01. The van der Waals surface area contributed by atoms with Gasteiger partial charge in [0.1, 0.15) is 0 Å². The van der Waals surface area contributed by atoms with Crippen LogP contribution in [-0.2, 0) is 4.74 Å². The summed E-state index contributed by atoms with van der Waals surface area (Å²) in [6, 6.07) is 0.408. The van der Waals surface area contributed by atoms with Crippen molar-refractivity contribution in [2.45, 2.75) is 43.9 Å². The summed E-state index contributed by atoms with van der Waals surface area (Å²) in [7, 11) is 0. The molecule has 0 aromatic heterocycles. The van der Waals surface area contributed by atoms with Gasteiger partial charge in [-0.15, -0.1) is 0 Å². The van der Waals surface area contributed by atoms with E-state index in [2.05, 4.69) is 6.92 Å². The molecule has 2 nitrogen and oxygen atoms in total. The topological polar surface area (TPSA) is 38.5 Å². The number of fused-ring (bicyclic) bond motifs is 1. The molecule has 1 saturated heterocycles. The molecule has 1 saturated carbocycles. The Labute approximate surface area is 55.4 Å². The molecule has 0 aromatic carbocycles. The van der Waals surface area contributed by atoms with E-state index in [9.17, 15) is 0 Å². The third-order valence-electron chi connectivity index (χ3n) is 2.56. The summed E-state index contributed by atoms with van der Waals surface area (Å²) >= 11 is 0. The predicted octanol–water partition coefficient (Wildman–Crippen LogP) is 0.655. The Morgan fingerprint density at radius 3 is 3.00 bits per heavy atom. The number of rotatable bonds is 0. The largest absolute Gasteiger partial charge is 0.366 e. The molecule has 0 spiro atoms. The van der Waals surface area contributed by atoms with Gasteiger partial charge in [0, 0.05) is 6.04 Å². The third kappa shape index (κ3) is 0.775. The van der Waals surface area contributed by atoms with Crippen molar-refractivity contribution in [3.8, 4) is 0 Å². The number of hydrogen-bond acceptors (Lipinski definition) is 2. The maximum atomic E-state index is 5.73. The van der Waals surface area contributed by atoms with Gasteiger partial charge in [-0.3, -0.25) is 0 Å². The van der Waals surface area contributed by atoms with Crippen molar-refractivity contribution < 1.29 is 4.74 Å². The smallest absolute Gasteiger partial charge is 0.0921 e. The Bertz CT molecular complexity index is 137. The lowest BCUT2D eigenvalue weighted by molar-refractivity contribution is 0.304. The van der Waals surface area contributed by atoms with E-state index >= 15 is 0 Å². The van der Waals surface area contributed by atoms with Crippen molar-refractivity contribution >= 4 is 0 Å². The van der Waals surface area contributed by atoms with E-state index in [-0.39, 0.29) is 5.60 Å². The van der Waals surface area contributed by atoms with Crippen molar-refractivity contribution in [3.63, 3.8) is 0 Å². The highest BCUT2D eigenvalue weighted by atomic mass is 16.6. The van der Waals surface area contributed by atoms with Gasteiger partial charge in [0.05, 0.1) is 11.7 Å². The van der Waals surface area contributed by atoms with E-state index < -0.39 is 0 Å². The minimum absolute atomic E-state index is 0.246. The van der Waals surface area contributed by atoms with Gasteiger partial charge in [0.15, 0.2) is 0 Å². The second kappa shape index (κ2) is 1.50. The lowest BCUT2D eigenvalue weighted by Gasteiger charge is -2.17. The first kappa shape index (κ1) is 5.69. The van der Waals surface area contributed by atoms with Crippen LogP contribution in [0.3, 0.4) is 0 Å². The summed E-state index contributed by atoms with van der Waals surface area (Å²) < 4.78 is 5.46. The average molecular weight is 127 g/mol. The SMILES string of the molecule is C[C@@]12CC[C@@H](N)CC1O2. The second-order valence-electron chi connectivity index (χ2n) is 3.45. The molecule has 2 aliphatic rings. The van der Waals surface area contributed by atoms with E-state index in [1.54, 1.807) is 0 Å². The lowest BCUT2D eigenvalue weighted by Crippen LogP contribution is -2.30. The van der Waals surface area contributed by atoms with Crippen LogP contribution in [0.1, 0.15) is 26.2 Å². The van der Waals surface area contributed by atoms with E-state index in [0.29, 0.717) is 12.1 Å². The molecule has 1 aliphatic heterocycles. The number of ether oxygens (including phenoxy) is 1. The molecule has 2 N–H and O–H groups in total. The molecular weight excluding hydrogens is 114 g/mol. The number of epoxide rings is 1. The van der Waals surface area contributed by atoms with Crippen molar-refractivity contribution in [3.05, 3.63) is 0 Å². The fourth-order valence-corrected chi connectivity index (χ4v) is 1.67. The first-order valence-electron chi connectivity index (χ1n) is 3.64. The maximum Gasteiger partial charge on any atom is 0.0921 e. The molecule has 2 heteroatoms. The van der Waals surface area contributed by atoms with Crippen molar-refractivity contribution in [1.82, 2.24) is 0 Å². The average Bonchev–Trinajstić information content (AvgIpc) is 2.41. The molecular formula is C7H13NO. The van der Waals surface area contributed by atoms with E-state index in [1.807, 2.05) is 0 Å². The summed E-state index contributed by atoms with van der Waals surface area (Å²) in [6.07, 6.45) is 3.89. The molecule has 0 radical (unpaired) electrons. The van der Waals surface area contributed by atoms with Gasteiger partial charge in [0.2, 0.25) is 0 Å². The van der Waals surface area contributed by atoms with Gasteiger partial charge in [-0.25, -0.2) is 0 Å². The van der Waals surface area contributed by atoms with E-state index in [4.69, 9.17) is 10.5 Å². The van der Waals surface area contributed by atoms with Crippen LogP contribution in [0.5, 0.6) is 0 Å². The summed E-state index contributed by atoms with van der Waals surface area (Å²) in [5, 5.41) is 0. The van der Waals surface area contributed by atoms with Crippen LogP contribution >= 0.6 is 0 Å². The molecule has 0 bridgehead atoms. The second-order valence-corrected chi connectivity index (χ2v) is 3.45. The fourth-order valence-electron chi connectivity index (χ4n) is 1.67. The van der Waals surface area contributed by atoms with E-state index in [0.717, 1.165) is 12.8 Å². The van der Waals surface area contributed by atoms with Crippen LogP contribution in [0.15, 0.2) is 0 Å². The minimum atomic E-state index is 0.246. The maximum absolute atomic E-state index is 5.73.